The van der Waals surface area contributed by atoms with Gasteiger partial charge in [0.05, 0.1) is 19.3 Å². The molecule has 0 radical (unpaired) electrons. The first-order valence-electron chi connectivity index (χ1n) is 7.48. The zero-order valence-corrected chi connectivity index (χ0v) is 12.0. The standard InChI is InChI=1S/C16H23NO3/c1-17(10-12-3-4-12)11-14(18)13-5-6-15-16(9-13)20-8-2-7-19-15/h5-6,9,12,14,18H,2-4,7-8,10-11H2,1H3. The lowest BCUT2D eigenvalue weighted by molar-refractivity contribution is 0.124. The molecule has 1 N–H and O–H groups in total. The third-order valence-electron chi connectivity index (χ3n) is 3.91. The van der Waals surface area contributed by atoms with Crippen molar-refractivity contribution < 1.29 is 14.6 Å². The molecule has 1 aliphatic carbocycles. The Bertz CT molecular complexity index is 459. The van der Waals surface area contributed by atoms with E-state index in [2.05, 4.69) is 11.9 Å². The molecule has 20 heavy (non-hydrogen) atoms. The first-order valence-corrected chi connectivity index (χ1v) is 7.48. The van der Waals surface area contributed by atoms with Crippen LogP contribution in [0.5, 0.6) is 11.5 Å². The minimum atomic E-state index is -0.476. The van der Waals surface area contributed by atoms with Gasteiger partial charge in [-0.2, -0.15) is 0 Å². The highest BCUT2D eigenvalue weighted by atomic mass is 16.5. The van der Waals surface area contributed by atoms with Crippen molar-refractivity contribution >= 4 is 0 Å². The molecule has 0 aromatic heterocycles. The second-order valence-electron chi connectivity index (χ2n) is 5.94. The number of aliphatic hydroxyl groups excluding tert-OH is 1. The van der Waals surface area contributed by atoms with Crippen molar-refractivity contribution in [3.05, 3.63) is 23.8 Å². The van der Waals surface area contributed by atoms with Crippen molar-refractivity contribution in [3.63, 3.8) is 0 Å². The largest absolute Gasteiger partial charge is 0.490 e. The molecule has 0 amide bonds. The van der Waals surface area contributed by atoms with E-state index in [9.17, 15) is 5.11 Å². The molecule has 1 aromatic carbocycles. The minimum Gasteiger partial charge on any atom is -0.490 e. The summed E-state index contributed by atoms with van der Waals surface area (Å²) in [6.07, 6.45) is 3.10. The molecule has 0 saturated heterocycles. The third kappa shape index (κ3) is 3.44. The van der Waals surface area contributed by atoms with Crippen LogP contribution < -0.4 is 9.47 Å². The number of aliphatic hydroxyl groups is 1. The number of benzene rings is 1. The van der Waals surface area contributed by atoms with Crippen LogP contribution in [0.1, 0.15) is 30.9 Å². The maximum absolute atomic E-state index is 10.4. The molecular weight excluding hydrogens is 254 g/mol. The van der Waals surface area contributed by atoms with Gasteiger partial charge in [-0.3, -0.25) is 0 Å². The first-order chi connectivity index (χ1) is 9.72. The van der Waals surface area contributed by atoms with Gasteiger partial charge in [-0.15, -0.1) is 0 Å². The van der Waals surface area contributed by atoms with Crippen LogP contribution in [0.2, 0.25) is 0 Å². The van der Waals surface area contributed by atoms with Gasteiger partial charge in [-0.1, -0.05) is 6.07 Å². The van der Waals surface area contributed by atoms with E-state index in [4.69, 9.17) is 9.47 Å². The minimum absolute atomic E-state index is 0.476. The molecule has 1 heterocycles. The van der Waals surface area contributed by atoms with E-state index in [1.165, 1.54) is 12.8 Å². The van der Waals surface area contributed by atoms with E-state index in [0.717, 1.165) is 35.9 Å². The van der Waals surface area contributed by atoms with E-state index in [-0.39, 0.29) is 0 Å². The SMILES string of the molecule is CN(CC1CC1)CC(O)c1ccc2c(c1)OCCCO2. The molecule has 2 aliphatic rings. The maximum Gasteiger partial charge on any atom is 0.161 e. The Balaban J connectivity index is 1.64. The summed E-state index contributed by atoms with van der Waals surface area (Å²) in [4.78, 5) is 2.21. The van der Waals surface area contributed by atoms with E-state index >= 15 is 0 Å². The Labute approximate surface area is 120 Å². The fourth-order valence-corrected chi connectivity index (χ4v) is 2.60. The van der Waals surface area contributed by atoms with E-state index in [1.807, 2.05) is 18.2 Å². The molecule has 1 unspecified atom stereocenters. The quantitative estimate of drug-likeness (QED) is 0.896. The fraction of sp³-hybridized carbons (Fsp3) is 0.625. The average Bonchev–Trinajstić information content (AvgIpc) is 3.24. The van der Waals surface area contributed by atoms with Crippen LogP contribution in [0.3, 0.4) is 0 Å². The summed E-state index contributed by atoms with van der Waals surface area (Å²) >= 11 is 0. The lowest BCUT2D eigenvalue weighted by Gasteiger charge is -2.21. The highest BCUT2D eigenvalue weighted by molar-refractivity contribution is 5.44. The second kappa shape index (κ2) is 6.02. The van der Waals surface area contributed by atoms with Crippen LogP contribution >= 0.6 is 0 Å². The highest BCUT2D eigenvalue weighted by Crippen LogP contribution is 2.33. The van der Waals surface area contributed by atoms with Gasteiger partial charge < -0.3 is 19.5 Å². The van der Waals surface area contributed by atoms with Crippen molar-refractivity contribution in [2.45, 2.75) is 25.4 Å². The molecule has 1 fully saturated rings. The molecular formula is C16H23NO3. The van der Waals surface area contributed by atoms with E-state index in [0.29, 0.717) is 19.8 Å². The fourth-order valence-electron chi connectivity index (χ4n) is 2.60. The number of hydrogen-bond donors (Lipinski definition) is 1. The number of fused-ring (bicyclic) bond motifs is 1. The summed E-state index contributed by atoms with van der Waals surface area (Å²) in [5, 5.41) is 10.4. The molecule has 0 bridgehead atoms. The Morgan fingerprint density at radius 3 is 2.75 bits per heavy atom. The second-order valence-corrected chi connectivity index (χ2v) is 5.94. The summed E-state index contributed by atoms with van der Waals surface area (Å²) < 4.78 is 11.3. The van der Waals surface area contributed by atoms with E-state index in [1.54, 1.807) is 0 Å². The van der Waals surface area contributed by atoms with Crippen molar-refractivity contribution in [2.75, 3.05) is 33.4 Å². The number of rotatable bonds is 5. The molecule has 1 aromatic rings. The van der Waals surface area contributed by atoms with Crippen LogP contribution in [0.4, 0.5) is 0 Å². The van der Waals surface area contributed by atoms with Gasteiger partial charge in [-0.05, 0) is 43.5 Å². The Morgan fingerprint density at radius 1 is 1.25 bits per heavy atom. The average molecular weight is 277 g/mol. The van der Waals surface area contributed by atoms with Gasteiger partial charge in [0.15, 0.2) is 11.5 Å². The number of hydrogen-bond acceptors (Lipinski definition) is 4. The predicted octanol–water partition coefficient (Wildman–Crippen LogP) is 2.22. The molecule has 1 atom stereocenters. The molecule has 4 heteroatoms. The predicted molar refractivity (Wildman–Crippen MR) is 77.2 cm³/mol. The molecule has 1 saturated carbocycles. The van der Waals surface area contributed by atoms with Crippen molar-refractivity contribution in [1.29, 1.82) is 0 Å². The zero-order valence-electron chi connectivity index (χ0n) is 12.0. The van der Waals surface area contributed by atoms with Crippen LogP contribution in [0.15, 0.2) is 18.2 Å². The van der Waals surface area contributed by atoms with Crippen LogP contribution in [-0.2, 0) is 0 Å². The van der Waals surface area contributed by atoms with Gasteiger partial charge in [0, 0.05) is 19.5 Å². The maximum atomic E-state index is 10.4. The summed E-state index contributed by atoms with van der Waals surface area (Å²) in [7, 11) is 2.07. The number of ether oxygens (including phenoxy) is 2. The van der Waals surface area contributed by atoms with Gasteiger partial charge >= 0.3 is 0 Å². The lowest BCUT2D eigenvalue weighted by Crippen LogP contribution is -2.26. The summed E-state index contributed by atoms with van der Waals surface area (Å²) in [5.74, 6) is 2.38. The third-order valence-corrected chi connectivity index (χ3v) is 3.91. The Morgan fingerprint density at radius 2 is 2.00 bits per heavy atom. The van der Waals surface area contributed by atoms with Crippen LogP contribution in [-0.4, -0.2) is 43.4 Å². The van der Waals surface area contributed by atoms with Gasteiger partial charge in [0.1, 0.15) is 0 Å². The topological polar surface area (TPSA) is 41.9 Å². The lowest BCUT2D eigenvalue weighted by atomic mass is 10.1. The van der Waals surface area contributed by atoms with Crippen molar-refractivity contribution in [2.24, 2.45) is 5.92 Å². The Kier molecular flexibility index (Phi) is 4.13. The molecule has 3 rings (SSSR count). The summed E-state index contributed by atoms with van der Waals surface area (Å²) in [6, 6.07) is 5.75. The van der Waals surface area contributed by atoms with Crippen molar-refractivity contribution in [1.82, 2.24) is 4.90 Å². The molecule has 110 valence electrons. The molecule has 0 spiro atoms. The monoisotopic (exact) mass is 277 g/mol. The highest BCUT2D eigenvalue weighted by Gasteiger charge is 2.24. The van der Waals surface area contributed by atoms with Crippen LogP contribution in [0.25, 0.3) is 0 Å². The zero-order chi connectivity index (χ0) is 13.9. The van der Waals surface area contributed by atoms with Gasteiger partial charge in [0.25, 0.3) is 0 Å². The van der Waals surface area contributed by atoms with Crippen molar-refractivity contribution in [3.8, 4) is 11.5 Å². The van der Waals surface area contributed by atoms with Gasteiger partial charge in [0.2, 0.25) is 0 Å². The van der Waals surface area contributed by atoms with E-state index < -0.39 is 6.10 Å². The Hall–Kier alpha value is -1.26. The smallest absolute Gasteiger partial charge is 0.161 e. The molecule has 1 aliphatic heterocycles. The van der Waals surface area contributed by atoms with Crippen LogP contribution in [0, 0.1) is 5.92 Å². The summed E-state index contributed by atoms with van der Waals surface area (Å²) in [6.45, 7) is 3.12. The number of nitrogens with zero attached hydrogens (tertiary/aromatic N) is 1. The van der Waals surface area contributed by atoms with Gasteiger partial charge in [-0.25, -0.2) is 0 Å². The summed E-state index contributed by atoms with van der Waals surface area (Å²) in [5.41, 5.74) is 0.900. The first kappa shape index (κ1) is 13.7. The molecule has 4 nitrogen and oxygen atoms in total. The normalized spacial score (nSPS) is 19.8. The number of likely N-dealkylation sites (N-methyl/N-ethyl adjacent to an activating group) is 1.